The van der Waals surface area contributed by atoms with Gasteiger partial charge in [-0.25, -0.2) is 14.8 Å². The van der Waals surface area contributed by atoms with Crippen LogP contribution in [0.1, 0.15) is 26.2 Å². The average molecular weight is 298 g/mol. The number of rotatable bonds is 5. The maximum Gasteiger partial charge on any atom is 0.424 e. The number of hydrazine groups is 1. The molecule has 0 saturated carbocycles. The van der Waals surface area contributed by atoms with Crippen molar-refractivity contribution >= 4 is 6.09 Å². The number of ether oxygens (including phenoxy) is 1. The Hall–Kier alpha value is -0.850. The molecule has 0 bridgehead atoms. The molecule has 1 amide bonds. The highest BCUT2D eigenvalue weighted by Gasteiger charge is 2.26. The molecule has 6 heteroatoms. The van der Waals surface area contributed by atoms with Gasteiger partial charge in [0.05, 0.1) is 13.2 Å². The highest BCUT2D eigenvalue weighted by atomic mass is 16.6. The highest BCUT2D eigenvalue weighted by molar-refractivity contribution is 5.67. The summed E-state index contributed by atoms with van der Waals surface area (Å²) >= 11 is 0. The predicted molar refractivity (Wildman–Crippen MR) is 83.1 cm³/mol. The SMILES string of the molecule is CCOC(=O)N(CCN1CCCCC1)N1CCN(C)CC1. The van der Waals surface area contributed by atoms with Crippen LogP contribution in [0.5, 0.6) is 0 Å². The standard InChI is InChI=1S/C15H30N4O2/c1-3-21-15(20)19(18-12-9-16(2)10-13-18)14-11-17-7-5-4-6-8-17/h3-14H2,1-2H3. The molecule has 2 aliphatic rings. The van der Waals surface area contributed by atoms with E-state index in [9.17, 15) is 4.79 Å². The Bertz CT molecular complexity index is 313. The maximum atomic E-state index is 12.2. The maximum absolute atomic E-state index is 12.2. The number of hydrogen-bond donors (Lipinski definition) is 0. The van der Waals surface area contributed by atoms with Gasteiger partial charge >= 0.3 is 6.09 Å². The molecule has 6 nitrogen and oxygen atoms in total. The highest BCUT2D eigenvalue weighted by Crippen LogP contribution is 2.11. The lowest BCUT2D eigenvalue weighted by molar-refractivity contribution is -0.0491. The molecule has 0 radical (unpaired) electrons. The third-order valence-corrected chi connectivity index (χ3v) is 4.38. The number of hydrogen-bond acceptors (Lipinski definition) is 5. The Morgan fingerprint density at radius 3 is 2.33 bits per heavy atom. The molecule has 2 fully saturated rings. The summed E-state index contributed by atoms with van der Waals surface area (Å²) in [5.41, 5.74) is 0. The fourth-order valence-corrected chi connectivity index (χ4v) is 3.00. The third kappa shape index (κ3) is 5.13. The molecule has 2 heterocycles. The lowest BCUT2D eigenvalue weighted by Crippen LogP contribution is -2.56. The van der Waals surface area contributed by atoms with Gasteiger partial charge in [0.15, 0.2) is 0 Å². The molecule has 0 spiro atoms. The van der Waals surface area contributed by atoms with Crippen molar-refractivity contribution in [3.8, 4) is 0 Å². The molecule has 0 N–H and O–H groups in total. The predicted octanol–water partition coefficient (Wildman–Crippen LogP) is 1.09. The van der Waals surface area contributed by atoms with E-state index in [4.69, 9.17) is 4.74 Å². The molecule has 122 valence electrons. The Balaban J connectivity index is 1.86. The van der Waals surface area contributed by atoms with Crippen molar-refractivity contribution in [3.63, 3.8) is 0 Å². The number of carbonyl (C=O) groups excluding carboxylic acids is 1. The quantitative estimate of drug-likeness (QED) is 0.760. The van der Waals surface area contributed by atoms with E-state index < -0.39 is 0 Å². The first-order valence-corrected chi connectivity index (χ1v) is 8.30. The van der Waals surface area contributed by atoms with Crippen LogP contribution in [0.15, 0.2) is 0 Å². The first kappa shape index (κ1) is 16.5. The van der Waals surface area contributed by atoms with Crippen molar-refractivity contribution in [1.29, 1.82) is 0 Å². The fraction of sp³-hybridized carbons (Fsp3) is 0.933. The summed E-state index contributed by atoms with van der Waals surface area (Å²) in [5, 5.41) is 3.98. The van der Waals surface area contributed by atoms with Gasteiger partial charge in [-0.15, -0.1) is 0 Å². The van der Waals surface area contributed by atoms with Gasteiger partial charge in [0.1, 0.15) is 0 Å². The van der Waals surface area contributed by atoms with Crippen LogP contribution in [0.4, 0.5) is 4.79 Å². The fourth-order valence-electron chi connectivity index (χ4n) is 3.00. The van der Waals surface area contributed by atoms with E-state index in [-0.39, 0.29) is 6.09 Å². The molecule has 2 rings (SSSR count). The average Bonchev–Trinajstić information content (AvgIpc) is 2.50. The van der Waals surface area contributed by atoms with Crippen molar-refractivity contribution in [2.24, 2.45) is 0 Å². The van der Waals surface area contributed by atoms with Crippen LogP contribution in [0.25, 0.3) is 0 Å². The Morgan fingerprint density at radius 1 is 1.05 bits per heavy atom. The monoisotopic (exact) mass is 298 g/mol. The van der Waals surface area contributed by atoms with Crippen molar-refractivity contribution in [2.75, 3.05) is 66.0 Å². The zero-order chi connectivity index (χ0) is 15.1. The molecule has 0 aliphatic carbocycles. The summed E-state index contributed by atoms with van der Waals surface area (Å²) in [5.74, 6) is 0. The van der Waals surface area contributed by atoms with Crippen LogP contribution < -0.4 is 0 Å². The number of nitrogens with zero attached hydrogens (tertiary/aromatic N) is 4. The molecule has 2 aliphatic heterocycles. The van der Waals surface area contributed by atoms with E-state index in [1.807, 2.05) is 11.9 Å². The summed E-state index contributed by atoms with van der Waals surface area (Å²) < 4.78 is 5.24. The molecule has 0 aromatic heterocycles. The van der Waals surface area contributed by atoms with E-state index >= 15 is 0 Å². The van der Waals surface area contributed by atoms with Gasteiger partial charge < -0.3 is 14.5 Å². The van der Waals surface area contributed by atoms with Crippen molar-refractivity contribution < 1.29 is 9.53 Å². The van der Waals surface area contributed by atoms with Crippen LogP contribution in [-0.2, 0) is 4.74 Å². The second-order valence-corrected chi connectivity index (χ2v) is 5.98. The van der Waals surface area contributed by atoms with E-state index in [0.29, 0.717) is 6.61 Å². The molecule has 0 aromatic rings. The van der Waals surface area contributed by atoms with Gasteiger partial charge in [-0.05, 0) is 39.9 Å². The Labute approximate surface area is 128 Å². The van der Waals surface area contributed by atoms with Gasteiger partial charge in [0.25, 0.3) is 0 Å². The van der Waals surface area contributed by atoms with Gasteiger partial charge in [0.2, 0.25) is 0 Å². The minimum atomic E-state index is -0.195. The number of likely N-dealkylation sites (N-methyl/N-ethyl adjacent to an activating group) is 1. The second-order valence-electron chi connectivity index (χ2n) is 5.98. The summed E-state index contributed by atoms with van der Waals surface area (Å²) in [6.45, 7) is 10.1. The molecule has 0 aromatic carbocycles. The van der Waals surface area contributed by atoms with Crippen LogP contribution in [0.3, 0.4) is 0 Å². The van der Waals surface area contributed by atoms with Gasteiger partial charge in [-0.2, -0.15) is 0 Å². The van der Waals surface area contributed by atoms with Crippen molar-refractivity contribution in [3.05, 3.63) is 0 Å². The smallest absolute Gasteiger partial charge is 0.424 e. The van der Waals surface area contributed by atoms with E-state index in [1.54, 1.807) is 0 Å². The second kappa shape index (κ2) is 8.56. The van der Waals surface area contributed by atoms with Crippen molar-refractivity contribution in [1.82, 2.24) is 19.8 Å². The first-order chi connectivity index (χ1) is 10.2. The summed E-state index contributed by atoms with van der Waals surface area (Å²) in [6, 6.07) is 0. The lowest BCUT2D eigenvalue weighted by Gasteiger charge is -2.40. The van der Waals surface area contributed by atoms with Gasteiger partial charge in [-0.3, -0.25) is 0 Å². The Kier molecular flexibility index (Phi) is 6.73. The Morgan fingerprint density at radius 2 is 1.71 bits per heavy atom. The van der Waals surface area contributed by atoms with Gasteiger partial charge in [-0.1, -0.05) is 6.42 Å². The van der Waals surface area contributed by atoms with E-state index in [2.05, 4.69) is 21.9 Å². The normalized spacial score (nSPS) is 22.2. The molecule has 21 heavy (non-hydrogen) atoms. The zero-order valence-electron chi connectivity index (χ0n) is 13.6. The number of carbonyl (C=O) groups is 1. The largest absolute Gasteiger partial charge is 0.449 e. The summed E-state index contributed by atoms with van der Waals surface area (Å²) in [7, 11) is 2.12. The summed E-state index contributed by atoms with van der Waals surface area (Å²) in [4.78, 5) is 17.0. The van der Waals surface area contributed by atoms with Crippen molar-refractivity contribution in [2.45, 2.75) is 26.2 Å². The van der Waals surface area contributed by atoms with Gasteiger partial charge in [0, 0.05) is 32.7 Å². The van der Waals surface area contributed by atoms with E-state index in [0.717, 1.165) is 39.3 Å². The van der Waals surface area contributed by atoms with Crippen LogP contribution in [0.2, 0.25) is 0 Å². The molecule has 2 saturated heterocycles. The number of likely N-dealkylation sites (tertiary alicyclic amines) is 1. The molecular formula is C15H30N4O2. The minimum absolute atomic E-state index is 0.195. The topological polar surface area (TPSA) is 39.3 Å². The third-order valence-electron chi connectivity index (χ3n) is 4.38. The number of piperazine rings is 1. The molecular weight excluding hydrogens is 268 g/mol. The zero-order valence-corrected chi connectivity index (χ0v) is 13.6. The number of piperidine rings is 1. The van der Waals surface area contributed by atoms with Crippen LogP contribution in [0, 0.1) is 0 Å². The lowest BCUT2D eigenvalue weighted by atomic mass is 10.1. The molecule has 0 atom stereocenters. The first-order valence-electron chi connectivity index (χ1n) is 8.30. The summed E-state index contributed by atoms with van der Waals surface area (Å²) in [6.07, 6.45) is 3.72. The molecule has 0 unspecified atom stereocenters. The minimum Gasteiger partial charge on any atom is -0.449 e. The number of amides is 1. The van der Waals surface area contributed by atoms with Crippen LogP contribution in [-0.4, -0.2) is 91.9 Å². The van der Waals surface area contributed by atoms with Crippen LogP contribution >= 0.6 is 0 Å². The van der Waals surface area contributed by atoms with E-state index in [1.165, 1.54) is 32.4 Å².